The fourth-order valence-electron chi connectivity index (χ4n) is 4.23. The molecule has 1 heterocycles. The Morgan fingerprint density at radius 1 is 1.19 bits per heavy atom. The number of anilines is 1. The zero-order chi connectivity index (χ0) is 17.6. The van der Waals surface area contributed by atoms with E-state index in [1.54, 1.807) is 0 Å². The molecule has 1 amide bonds. The van der Waals surface area contributed by atoms with Crippen LogP contribution in [0.5, 0.6) is 0 Å². The van der Waals surface area contributed by atoms with Crippen LogP contribution in [0.15, 0.2) is 24.3 Å². The second-order valence-electron chi connectivity index (χ2n) is 7.62. The van der Waals surface area contributed by atoms with E-state index in [-0.39, 0.29) is 36.6 Å². The molecular formula is C20H33Cl2N3O2. The molecule has 0 spiro atoms. The summed E-state index contributed by atoms with van der Waals surface area (Å²) in [5, 5.41) is 12.3. The van der Waals surface area contributed by atoms with Gasteiger partial charge >= 0.3 is 0 Å². The maximum absolute atomic E-state index is 12.6. The van der Waals surface area contributed by atoms with Gasteiger partial charge < -0.3 is 16.2 Å². The maximum atomic E-state index is 12.6. The molecule has 1 aliphatic heterocycles. The topological polar surface area (TPSA) is 78.6 Å². The van der Waals surface area contributed by atoms with E-state index in [1.807, 2.05) is 12.1 Å². The summed E-state index contributed by atoms with van der Waals surface area (Å²) in [6, 6.07) is 8.18. The highest BCUT2D eigenvalue weighted by molar-refractivity contribution is 5.93. The minimum Gasteiger partial charge on any atom is -0.396 e. The predicted octanol–water partition coefficient (Wildman–Crippen LogP) is 3.05. The molecule has 7 heteroatoms. The molecule has 0 aromatic heterocycles. The van der Waals surface area contributed by atoms with Gasteiger partial charge in [0.05, 0.1) is 0 Å². The van der Waals surface area contributed by atoms with Crippen molar-refractivity contribution in [1.29, 1.82) is 0 Å². The van der Waals surface area contributed by atoms with Gasteiger partial charge in [0.2, 0.25) is 5.91 Å². The van der Waals surface area contributed by atoms with Crippen molar-refractivity contribution in [3.8, 4) is 0 Å². The minimum atomic E-state index is 0. The molecule has 2 fully saturated rings. The Bertz CT molecular complexity index is 580. The van der Waals surface area contributed by atoms with E-state index in [9.17, 15) is 9.90 Å². The molecular weight excluding hydrogens is 385 g/mol. The van der Waals surface area contributed by atoms with Crippen LogP contribution in [0.25, 0.3) is 0 Å². The van der Waals surface area contributed by atoms with Gasteiger partial charge in [-0.1, -0.05) is 18.6 Å². The van der Waals surface area contributed by atoms with Crippen molar-refractivity contribution in [1.82, 2.24) is 4.90 Å². The van der Waals surface area contributed by atoms with Crippen molar-refractivity contribution in [2.24, 2.45) is 23.5 Å². The number of benzene rings is 1. The second-order valence-corrected chi connectivity index (χ2v) is 7.62. The summed E-state index contributed by atoms with van der Waals surface area (Å²) in [6.45, 7) is 3.86. The van der Waals surface area contributed by atoms with Gasteiger partial charge in [-0.2, -0.15) is 0 Å². The van der Waals surface area contributed by atoms with Crippen LogP contribution in [0.3, 0.4) is 0 Å². The third-order valence-electron chi connectivity index (χ3n) is 5.86. The van der Waals surface area contributed by atoms with Gasteiger partial charge in [0.1, 0.15) is 0 Å². The van der Waals surface area contributed by atoms with Gasteiger partial charge in [-0.3, -0.25) is 9.69 Å². The number of nitrogens with one attached hydrogen (secondary N) is 1. The third-order valence-corrected chi connectivity index (χ3v) is 5.86. The van der Waals surface area contributed by atoms with E-state index in [2.05, 4.69) is 22.3 Å². The summed E-state index contributed by atoms with van der Waals surface area (Å²) in [6.07, 6.45) is 5.25. The quantitative estimate of drug-likeness (QED) is 0.664. The van der Waals surface area contributed by atoms with Crippen LogP contribution in [-0.2, 0) is 11.3 Å². The monoisotopic (exact) mass is 417 g/mol. The Labute approximate surface area is 174 Å². The van der Waals surface area contributed by atoms with E-state index in [0.29, 0.717) is 25.0 Å². The molecule has 154 valence electrons. The molecule has 2 atom stereocenters. The van der Waals surface area contributed by atoms with Crippen LogP contribution in [0.4, 0.5) is 5.69 Å². The highest BCUT2D eigenvalue weighted by Crippen LogP contribution is 2.32. The van der Waals surface area contributed by atoms with Crippen molar-refractivity contribution in [2.45, 2.75) is 38.6 Å². The average molecular weight is 418 g/mol. The Kier molecular flexibility index (Phi) is 10.6. The number of amides is 1. The van der Waals surface area contributed by atoms with Crippen LogP contribution in [0, 0.1) is 17.8 Å². The summed E-state index contributed by atoms with van der Waals surface area (Å²) < 4.78 is 0. The normalized spacial score (nSPS) is 23.3. The summed E-state index contributed by atoms with van der Waals surface area (Å²) >= 11 is 0. The lowest BCUT2D eigenvalue weighted by Crippen LogP contribution is -2.34. The molecule has 3 rings (SSSR count). The summed E-state index contributed by atoms with van der Waals surface area (Å²) in [5.74, 6) is 0.972. The van der Waals surface area contributed by atoms with Crippen LogP contribution < -0.4 is 11.1 Å². The first kappa shape index (κ1) is 24.2. The van der Waals surface area contributed by atoms with Gasteiger partial charge in [0.15, 0.2) is 0 Å². The number of carbonyl (C=O) groups excluding carboxylic acids is 1. The zero-order valence-electron chi connectivity index (χ0n) is 15.8. The average Bonchev–Trinajstić information content (AvgIpc) is 3.11. The van der Waals surface area contributed by atoms with Gasteiger partial charge in [-0.05, 0) is 74.8 Å². The maximum Gasteiger partial charge on any atom is 0.227 e. The molecule has 27 heavy (non-hydrogen) atoms. The van der Waals surface area contributed by atoms with Crippen molar-refractivity contribution in [3.63, 3.8) is 0 Å². The van der Waals surface area contributed by atoms with Crippen molar-refractivity contribution in [3.05, 3.63) is 29.8 Å². The number of likely N-dealkylation sites (tertiary alicyclic amines) is 1. The highest BCUT2D eigenvalue weighted by atomic mass is 35.5. The molecule has 1 aliphatic carbocycles. The summed E-state index contributed by atoms with van der Waals surface area (Å²) in [5.41, 5.74) is 7.91. The van der Waals surface area contributed by atoms with E-state index in [0.717, 1.165) is 57.4 Å². The Morgan fingerprint density at radius 3 is 2.59 bits per heavy atom. The number of aliphatic hydroxyl groups excluding tert-OH is 1. The largest absolute Gasteiger partial charge is 0.396 e. The fourth-order valence-corrected chi connectivity index (χ4v) is 4.23. The summed E-state index contributed by atoms with van der Waals surface area (Å²) in [7, 11) is 0. The molecule has 0 radical (unpaired) electrons. The third kappa shape index (κ3) is 6.61. The number of nitrogens with zero attached hydrogens (tertiary/aromatic N) is 1. The first-order valence-corrected chi connectivity index (χ1v) is 9.62. The number of carbonyl (C=O) groups is 1. The molecule has 2 aliphatic rings. The van der Waals surface area contributed by atoms with Crippen LogP contribution in [0.2, 0.25) is 0 Å². The van der Waals surface area contributed by atoms with Crippen LogP contribution in [-0.4, -0.2) is 42.2 Å². The zero-order valence-corrected chi connectivity index (χ0v) is 17.4. The van der Waals surface area contributed by atoms with E-state index in [1.165, 1.54) is 5.56 Å². The number of halogens is 2. The smallest absolute Gasteiger partial charge is 0.227 e. The van der Waals surface area contributed by atoms with Crippen LogP contribution in [0.1, 0.15) is 37.7 Å². The second kappa shape index (κ2) is 11.9. The summed E-state index contributed by atoms with van der Waals surface area (Å²) in [4.78, 5) is 15.0. The van der Waals surface area contributed by atoms with Gasteiger partial charge in [0, 0.05) is 24.8 Å². The number of nitrogens with two attached hydrogens (primary N) is 1. The van der Waals surface area contributed by atoms with Crippen LogP contribution >= 0.6 is 24.8 Å². The van der Waals surface area contributed by atoms with Gasteiger partial charge in [-0.25, -0.2) is 0 Å². The molecule has 0 unspecified atom stereocenters. The van der Waals surface area contributed by atoms with E-state index < -0.39 is 0 Å². The first-order chi connectivity index (χ1) is 12.2. The first-order valence-electron chi connectivity index (χ1n) is 9.62. The van der Waals surface area contributed by atoms with Crippen molar-refractivity contribution >= 4 is 36.4 Å². The standard InChI is InChI=1S/C20H31N3O2.2ClH/c21-12-17-4-2-6-19(17)20(25)22-18-5-1-3-16(11-18)13-23-9-7-15(14-24)8-10-23;;/h1,3,5,11,15,17,19,24H,2,4,6-10,12-14,21H2,(H,22,25);2*1H/t17-,19-;;/m1../s1. The van der Waals surface area contributed by atoms with E-state index >= 15 is 0 Å². The van der Waals surface area contributed by atoms with E-state index in [4.69, 9.17) is 5.73 Å². The number of hydrogen-bond donors (Lipinski definition) is 3. The number of hydrogen-bond acceptors (Lipinski definition) is 4. The Balaban J connectivity index is 0.00000182. The predicted molar refractivity (Wildman–Crippen MR) is 115 cm³/mol. The van der Waals surface area contributed by atoms with Gasteiger partial charge in [0.25, 0.3) is 0 Å². The molecule has 5 nitrogen and oxygen atoms in total. The fraction of sp³-hybridized carbons (Fsp3) is 0.650. The number of piperidine rings is 1. The van der Waals surface area contributed by atoms with Crippen molar-refractivity contribution in [2.75, 3.05) is 31.6 Å². The Morgan fingerprint density at radius 2 is 1.93 bits per heavy atom. The minimum absolute atomic E-state index is 0. The lowest BCUT2D eigenvalue weighted by atomic mass is 9.95. The lowest BCUT2D eigenvalue weighted by molar-refractivity contribution is -0.120. The molecule has 0 bridgehead atoms. The molecule has 1 aromatic carbocycles. The van der Waals surface area contributed by atoms with Crippen molar-refractivity contribution < 1.29 is 9.90 Å². The molecule has 1 aromatic rings. The Hall–Kier alpha value is -0.850. The molecule has 1 saturated carbocycles. The number of aliphatic hydroxyl groups is 1. The SMILES string of the molecule is Cl.Cl.NC[C@H]1CCC[C@H]1C(=O)Nc1cccc(CN2CCC(CO)CC2)c1. The highest BCUT2D eigenvalue weighted by Gasteiger charge is 2.31. The number of rotatable bonds is 6. The molecule has 4 N–H and O–H groups in total. The van der Waals surface area contributed by atoms with Gasteiger partial charge in [-0.15, -0.1) is 24.8 Å². The lowest BCUT2D eigenvalue weighted by Gasteiger charge is -2.31. The molecule has 1 saturated heterocycles.